The van der Waals surface area contributed by atoms with Gasteiger partial charge in [0.05, 0.1) is 11.4 Å². The molecule has 3 heterocycles. The first kappa shape index (κ1) is 34.8. The average molecular weight is 655 g/mol. The van der Waals surface area contributed by atoms with Crippen LogP contribution in [0.3, 0.4) is 0 Å². The molecule has 1 aromatic heterocycles. The summed E-state index contributed by atoms with van der Waals surface area (Å²) in [6.07, 6.45) is 1.21. The van der Waals surface area contributed by atoms with Crippen molar-refractivity contribution in [1.29, 1.82) is 0 Å². The van der Waals surface area contributed by atoms with Crippen LogP contribution in [0.25, 0.3) is 0 Å². The fourth-order valence-corrected chi connectivity index (χ4v) is 4.79. The van der Waals surface area contributed by atoms with Crippen LogP contribution in [-0.2, 0) is 35.1 Å². The van der Waals surface area contributed by atoms with E-state index < -0.39 is 78.5 Å². The molecule has 0 radical (unpaired) electrons. The molecule has 2 aliphatic rings. The number of fused-ring (bicyclic) bond motifs is 1. The Labute approximate surface area is 269 Å². The quantitative estimate of drug-likeness (QED) is 0.158. The summed E-state index contributed by atoms with van der Waals surface area (Å²) in [5.41, 5.74) is -0.537. The third kappa shape index (κ3) is 7.85. The van der Waals surface area contributed by atoms with Crippen molar-refractivity contribution in [3.05, 3.63) is 58.7 Å². The van der Waals surface area contributed by atoms with E-state index in [0.29, 0.717) is 16.0 Å². The number of amides is 5. The highest BCUT2D eigenvalue weighted by atomic mass is 19.1. The van der Waals surface area contributed by atoms with Gasteiger partial charge >= 0.3 is 36.9 Å². The number of ether oxygens (including phenoxy) is 2. The molecule has 1 fully saturated rings. The van der Waals surface area contributed by atoms with E-state index in [2.05, 4.69) is 15.6 Å². The largest absolute Gasteiger partial charge is 0.547 e. The molecule has 4 rings (SSSR count). The lowest BCUT2D eigenvalue weighted by molar-refractivity contribution is -0.161. The van der Waals surface area contributed by atoms with E-state index >= 15 is 4.39 Å². The molecule has 2 aliphatic heterocycles. The summed E-state index contributed by atoms with van der Waals surface area (Å²) in [7, 11) is -1.72. The minimum absolute atomic E-state index is 0.0249. The Morgan fingerprint density at radius 1 is 1.17 bits per heavy atom. The molecule has 2 atom stereocenters. The number of halogens is 1. The number of esters is 2. The molecule has 3 N–H and O–H groups in total. The zero-order valence-electron chi connectivity index (χ0n) is 26.5. The number of nitrogens with zero attached hydrogens (tertiary/aromatic N) is 3. The summed E-state index contributed by atoms with van der Waals surface area (Å²) >= 11 is 0. The number of aromatic nitrogens is 1. The van der Waals surface area contributed by atoms with E-state index in [0.717, 1.165) is 6.07 Å². The van der Waals surface area contributed by atoms with Crippen molar-refractivity contribution >= 4 is 42.8 Å². The Kier molecular flexibility index (Phi) is 10.5. The van der Waals surface area contributed by atoms with E-state index in [1.54, 1.807) is 40.7 Å². The van der Waals surface area contributed by atoms with Crippen molar-refractivity contribution in [2.45, 2.75) is 53.0 Å². The molecule has 1 aromatic carbocycles. The Bertz CT molecular complexity index is 1600. The molecule has 0 spiro atoms. The van der Waals surface area contributed by atoms with Crippen molar-refractivity contribution in [3.63, 3.8) is 0 Å². The summed E-state index contributed by atoms with van der Waals surface area (Å²) in [4.78, 5) is 82.2. The number of carbonyl (C=O) groups is 6. The number of hydrogen-bond acceptors (Lipinski definition) is 11. The van der Waals surface area contributed by atoms with Crippen molar-refractivity contribution in [2.24, 2.45) is 5.41 Å². The molecule has 47 heavy (non-hydrogen) atoms. The lowest BCUT2D eigenvalue weighted by Crippen LogP contribution is -2.60. The summed E-state index contributed by atoms with van der Waals surface area (Å²) in [6.45, 7) is 7.68. The van der Waals surface area contributed by atoms with Gasteiger partial charge in [0.15, 0.2) is 6.04 Å². The van der Waals surface area contributed by atoms with Gasteiger partial charge in [0.25, 0.3) is 0 Å². The van der Waals surface area contributed by atoms with Crippen LogP contribution in [0.4, 0.5) is 9.18 Å². The minimum atomic E-state index is -1.79. The number of aryl methyl sites for hydroxylation is 1. The molecule has 1 unspecified atom stereocenters. The van der Waals surface area contributed by atoms with Gasteiger partial charge in [-0.2, -0.15) is 0 Å². The Morgan fingerprint density at radius 3 is 2.55 bits per heavy atom. The summed E-state index contributed by atoms with van der Waals surface area (Å²) in [5.74, 6) is -6.60. The van der Waals surface area contributed by atoms with Crippen molar-refractivity contribution in [3.8, 4) is 5.75 Å². The second-order valence-corrected chi connectivity index (χ2v) is 12.0. The lowest BCUT2D eigenvalue weighted by Gasteiger charge is -2.33. The van der Waals surface area contributed by atoms with Crippen LogP contribution >= 0.6 is 0 Å². The monoisotopic (exact) mass is 655 g/mol. The van der Waals surface area contributed by atoms with Gasteiger partial charge in [0, 0.05) is 25.8 Å². The van der Waals surface area contributed by atoms with Gasteiger partial charge in [-0.3, -0.25) is 29.1 Å². The van der Waals surface area contributed by atoms with E-state index in [-0.39, 0.29) is 37.4 Å². The maximum absolute atomic E-state index is 15.1. The molecular formula is C30H35BFN5O10. The molecule has 0 bridgehead atoms. The highest BCUT2D eigenvalue weighted by molar-refractivity contribution is 6.47. The van der Waals surface area contributed by atoms with Crippen LogP contribution in [0.1, 0.15) is 60.9 Å². The minimum Gasteiger partial charge on any atom is -0.534 e. The molecule has 0 aliphatic carbocycles. The summed E-state index contributed by atoms with van der Waals surface area (Å²) < 4.78 is 30.7. The predicted octanol–water partition coefficient (Wildman–Crippen LogP) is 0.814. The number of imide groups is 1. The summed E-state index contributed by atoms with van der Waals surface area (Å²) in [6, 6.07) is 2.66. The number of carbonyl (C=O) groups excluding carboxylic acids is 6. The second-order valence-electron chi connectivity index (χ2n) is 12.0. The molecule has 250 valence electrons. The van der Waals surface area contributed by atoms with Gasteiger partial charge in [-0.15, -0.1) is 0 Å². The molecule has 2 aromatic rings. The van der Waals surface area contributed by atoms with Gasteiger partial charge in [-0.25, -0.2) is 14.0 Å². The Morgan fingerprint density at radius 2 is 1.89 bits per heavy atom. The standard InChI is InChI=1S/C30H35BFN5O10/c1-6-36-10-11-37(26(40)25(36)39)29(43)35-22(21-19(32)12-16(2)14-33-21)24(38)34-20-13-17-8-7-9-18(23(17)47-31(20)44)27(41)45-15-46-28(42)30(3,4)5/h7-9,12,14,20,22,44H,6,10-11,13,15H2,1-5H3,(H,34,38)(H,35,43)/t20-,22?/m0/s1. The maximum atomic E-state index is 15.1. The SMILES string of the molecule is CCN1CCN(C(=O)NC(C(=O)N[C@H]2Cc3cccc(C(=O)OCOC(=O)C(C)(C)C)c3OB2O)c2ncc(C)cc2F)C(=O)C1=O. The number of para-hydroxylation sites is 1. The smallest absolute Gasteiger partial charge is 0.534 e. The molecule has 17 heteroatoms. The van der Waals surface area contributed by atoms with Crippen molar-refractivity contribution < 1.29 is 52.3 Å². The first-order chi connectivity index (χ1) is 22.1. The van der Waals surface area contributed by atoms with E-state index in [1.165, 1.54) is 23.2 Å². The number of urea groups is 1. The normalized spacial score (nSPS) is 16.9. The topological polar surface area (TPSA) is 194 Å². The highest BCUT2D eigenvalue weighted by Crippen LogP contribution is 2.31. The van der Waals surface area contributed by atoms with E-state index in [4.69, 9.17) is 14.1 Å². The molecule has 15 nitrogen and oxygen atoms in total. The van der Waals surface area contributed by atoms with E-state index in [9.17, 15) is 33.8 Å². The van der Waals surface area contributed by atoms with E-state index in [1.807, 2.05) is 0 Å². The van der Waals surface area contributed by atoms with Crippen LogP contribution in [0.15, 0.2) is 30.5 Å². The maximum Gasteiger partial charge on any atom is 0.547 e. The van der Waals surface area contributed by atoms with Crippen LogP contribution in [-0.4, -0.2) is 95.0 Å². The van der Waals surface area contributed by atoms with Crippen LogP contribution in [0.5, 0.6) is 5.75 Å². The molecular weight excluding hydrogens is 620 g/mol. The Balaban J connectivity index is 1.51. The average Bonchev–Trinajstić information content (AvgIpc) is 3.00. The number of piperazine rings is 1. The van der Waals surface area contributed by atoms with Crippen LogP contribution in [0, 0.1) is 18.2 Å². The highest BCUT2D eigenvalue weighted by Gasteiger charge is 2.42. The third-order valence-electron chi connectivity index (χ3n) is 7.40. The third-order valence-corrected chi connectivity index (χ3v) is 7.40. The first-order valence-corrected chi connectivity index (χ1v) is 14.8. The van der Waals surface area contributed by atoms with Crippen molar-refractivity contribution in [1.82, 2.24) is 25.4 Å². The van der Waals surface area contributed by atoms with Gasteiger partial charge in [-0.1, -0.05) is 12.1 Å². The zero-order chi connectivity index (χ0) is 34.6. The number of benzene rings is 1. The first-order valence-electron chi connectivity index (χ1n) is 14.8. The zero-order valence-corrected chi connectivity index (χ0v) is 26.5. The molecule has 0 saturated carbocycles. The van der Waals surface area contributed by atoms with Gasteiger partial charge in [-0.05, 0) is 64.3 Å². The lowest BCUT2D eigenvalue weighted by atomic mass is 9.72. The summed E-state index contributed by atoms with van der Waals surface area (Å²) in [5, 5.41) is 15.6. The number of rotatable bonds is 8. The number of likely N-dealkylation sites (N-methyl/N-ethyl adjacent to an activating group) is 1. The number of hydrogen-bond donors (Lipinski definition) is 3. The van der Waals surface area contributed by atoms with Crippen LogP contribution in [0.2, 0.25) is 0 Å². The predicted molar refractivity (Wildman–Crippen MR) is 161 cm³/mol. The van der Waals surface area contributed by atoms with Gasteiger partial charge in [0.2, 0.25) is 12.7 Å². The molecule has 5 amide bonds. The number of nitrogens with one attached hydrogen (secondary N) is 2. The fraction of sp³-hybridized carbons (Fsp3) is 0.433. The van der Waals surface area contributed by atoms with Gasteiger partial charge in [0.1, 0.15) is 22.8 Å². The van der Waals surface area contributed by atoms with Gasteiger partial charge < -0.3 is 34.7 Å². The van der Waals surface area contributed by atoms with Crippen molar-refractivity contribution in [2.75, 3.05) is 26.4 Å². The second kappa shape index (κ2) is 14.2. The Hall–Kier alpha value is -5.06. The number of pyridine rings is 1. The molecule has 1 saturated heterocycles. The van der Waals surface area contributed by atoms with Crippen LogP contribution < -0.4 is 15.3 Å². The fourth-order valence-electron chi connectivity index (χ4n) is 4.79.